The Morgan fingerprint density at radius 1 is 0.875 bits per heavy atom. The molecule has 1 atom stereocenters. The van der Waals surface area contributed by atoms with Crippen molar-refractivity contribution in [2.45, 2.75) is 6.17 Å². The number of nitrogens with zero attached hydrogens (tertiary/aromatic N) is 1. The number of anilines is 2. The lowest BCUT2D eigenvalue weighted by Crippen LogP contribution is -2.43. The molecule has 0 bridgehead atoms. The van der Waals surface area contributed by atoms with Gasteiger partial charge >= 0.3 is 0 Å². The molecule has 0 saturated heterocycles. The van der Waals surface area contributed by atoms with Crippen LogP contribution in [-0.2, 0) is 0 Å². The molecule has 3 aromatic carbocycles. The zero-order valence-electron chi connectivity index (χ0n) is 12.9. The van der Waals surface area contributed by atoms with E-state index < -0.39 is 0 Å². The average molecular weight is 316 g/mol. The van der Waals surface area contributed by atoms with Crippen molar-refractivity contribution >= 4 is 17.3 Å². The standard InChI is InChI=1S/C20H16N2O2/c23-16-10-6-7-14(13-16)19-21-18-12-5-4-11-17(18)20(24)22(19)15-8-2-1-3-9-15/h1-13,19,21,23H/t19-/m0/s1. The van der Waals surface area contributed by atoms with Gasteiger partial charge in [-0.15, -0.1) is 0 Å². The highest BCUT2D eigenvalue weighted by Gasteiger charge is 2.33. The number of rotatable bonds is 2. The van der Waals surface area contributed by atoms with Gasteiger partial charge in [-0.3, -0.25) is 9.69 Å². The Kier molecular flexibility index (Phi) is 3.43. The maximum absolute atomic E-state index is 13.1. The van der Waals surface area contributed by atoms with Crippen LogP contribution in [0.3, 0.4) is 0 Å². The molecule has 0 unspecified atom stereocenters. The summed E-state index contributed by atoms with van der Waals surface area (Å²) in [6, 6.07) is 24.0. The molecule has 1 aliphatic heterocycles. The minimum Gasteiger partial charge on any atom is -0.508 e. The first-order valence-corrected chi connectivity index (χ1v) is 7.77. The number of amides is 1. The first kappa shape index (κ1) is 14.3. The number of benzene rings is 3. The number of phenols is 1. The Morgan fingerprint density at radius 2 is 1.62 bits per heavy atom. The molecular formula is C20H16N2O2. The zero-order chi connectivity index (χ0) is 16.5. The minimum absolute atomic E-state index is 0.0658. The zero-order valence-corrected chi connectivity index (χ0v) is 12.9. The third-order valence-corrected chi connectivity index (χ3v) is 4.15. The molecule has 118 valence electrons. The van der Waals surface area contributed by atoms with Crippen LogP contribution in [0.25, 0.3) is 0 Å². The van der Waals surface area contributed by atoms with Gasteiger partial charge in [-0.25, -0.2) is 0 Å². The van der Waals surface area contributed by atoms with Gasteiger partial charge in [0.2, 0.25) is 0 Å². The summed E-state index contributed by atoms with van der Waals surface area (Å²) >= 11 is 0. The van der Waals surface area contributed by atoms with Crippen molar-refractivity contribution in [1.82, 2.24) is 0 Å². The number of carbonyl (C=O) groups is 1. The quantitative estimate of drug-likeness (QED) is 0.746. The minimum atomic E-state index is -0.387. The van der Waals surface area contributed by atoms with Gasteiger partial charge in [0, 0.05) is 11.4 Å². The molecule has 0 fully saturated rings. The molecule has 0 aromatic heterocycles. The number of fused-ring (bicyclic) bond motifs is 1. The molecule has 0 aliphatic carbocycles. The normalized spacial score (nSPS) is 16.4. The maximum atomic E-state index is 13.1. The largest absolute Gasteiger partial charge is 0.508 e. The number of para-hydroxylation sites is 2. The molecule has 0 spiro atoms. The second-order valence-electron chi connectivity index (χ2n) is 5.70. The lowest BCUT2D eigenvalue weighted by molar-refractivity contribution is 0.0975. The van der Waals surface area contributed by atoms with E-state index in [2.05, 4.69) is 5.32 Å². The Labute approximate surface area is 140 Å². The summed E-state index contributed by atoms with van der Waals surface area (Å²) in [5, 5.41) is 13.2. The van der Waals surface area contributed by atoms with Gasteiger partial charge in [-0.2, -0.15) is 0 Å². The van der Waals surface area contributed by atoms with Crippen molar-refractivity contribution in [2.75, 3.05) is 10.2 Å². The average Bonchev–Trinajstić information content (AvgIpc) is 2.62. The molecule has 1 amide bonds. The smallest absolute Gasteiger partial charge is 0.262 e. The molecule has 1 aliphatic rings. The van der Waals surface area contributed by atoms with Gasteiger partial charge in [0.15, 0.2) is 0 Å². The van der Waals surface area contributed by atoms with Crippen LogP contribution in [0, 0.1) is 0 Å². The van der Waals surface area contributed by atoms with Gasteiger partial charge in [-0.05, 0) is 42.0 Å². The summed E-state index contributed by atoms with van der Waals surface area (Å²) in [6.07, 6.45) is -0.387. The lowest BCUT2D eigenvalue weighted by Gasteiger charge is -2.38. The number of hydrogen-bond donors (Lipinski definition) is 2. The van der Waals surface area contributed by atoms with Gasteiger partial charge in [-0.1, -0.05) is 42.5 Å². The van der Waals surface area contributed by atoms with E-state index in [0.717, 1.165) is 16.9 Å². The fourth-order valence-electron chi connectivity index (χ4n) is 3.04. The van der Waals surface area contributed by atoms with E-state index in [1.165, 1.54) is 0 Å². The maximum Gasteiger partial charge on any atom is 0.262 e. The number of aromatic hydroxyl groups is 1. The summed E-state index contributed by atoms with van der Waals surface area (Å²) in [5.41, 5.74) is 3.06. The summed E-state index contributed by atoms with van der Waals surface area (Å²) in [5.74, 6) is 0.109. The first-order valence-electron chi connectivity index (χ1n) is 7.77. The van der Waals surface area contributed by atoms with Crippen molar-refractivity contribution in [2.24, 2.45) is 0 Å². The highest BCUT2D eigenvalue weighted by molar-refractivity contribution is 6.12. The van der Waals surface area contributed by atoms with Gasteiger partial charge < -0.3 is 10.4 Å². The fourth-order valence-corrected chi connectivity index (χ4v) is 3.04. The van der Waals surface area contributed by atoms with Crippen LogP contribution < -0.4 is 10.2 Å². The summed E-state index contributed by atoms with van der Waals surface area (Å²) in [7, 11) is 0. The molecule has 0 saturated carbocycles. The number of carbonyl (C=O) groups excluding carboxylic acids is 1. The van der Waals surface area contributed by atoms with E-state index in [0.29, 0.717) is 5.56 Å². The molecule has 1 heterocycles. The number of nitrogens with one attached hydrogen (secondary N) is 1. The fraction of sp³-hybridized carbons (Fsp3) is 0.0500. The first-order chi connectivity index (χ1) is 11.7. The second-order valence-corrected chi connectivity index (χ2v) is 5.70. The van der Waals surface area contributed by atoms with E-state index in [9.17, 15) is 9.90 Å². The Morgan fingerprint density at radius 3 is 2.42 bits per heavy atom. The van der Waals surface area contributed by atoms with Gasteiger partial charge in [0.1, 0.15) is 11.9 Å². The molecular weight excluding hydrogens is 300 g/mol. The molecule has 24 heavy (non-hydrogen) atoms. The van der Waals surface area contributed by atoms with Crippen LogP contribution in [0.2, 0.25) is 0 Å². The van der Waals surface area contributed by atoms with E-state index in [1.807, 2.05) is 60.7 Å². The third-order valence-electron chi connectivity index (χ3n) is 4.15. The molecule has 4 rings (SSSR count). The van der Waals surface area contributed by atoms with Crippen molar-refractivity contribution in [3.05, 3.63) is 90.0 Å². The van der Waals surface area contributed by atoms with E-state index in [-0.39, 0.29) is 17.8 Å². The Hall–Kier alpha value is -3.27. The van der Waals surface area contributed by atoms with E-state index in [1.54, 1.807) is 23.1 Å². The Bertz CT molecular complexity index is 893. The molecule has 4 nitrogen and oxygen atoms in total. The summed E-state index contributed by atoms with van der Waals surface area (Å²) in [6.45, 7) is 0. The van der Waals surface area contributed by atoms with Crippen molar-refractivity contribution < 1.29 is 9.90 Å². The van der Waals surface area contributed by atoms with Gasteiger partial charge in [0.25, 0.3) is 5.91 Å². The van der Waals surface area contributed by atoms with Crippen LogP contribution in [0.4, 0.5) is 11.4 Å². The predicted octanol–water partition coefficient (Wildman–Crippen LogP) is 4.16. The van der Waals surface area contributed by atoms with E-state index >= 15 is 0 Å². The molecule has 3 aromatic rings. The molecule has 4 heteroatoms. The lowest BCUT2D eigenvalue weighted by atomic mass is 10.0. The predicted molar refractivity (Wildman–Crippen MR) is 94.2 cm³/mol. The van der Waals surface area contributed by atoms with E-state index in [4.69, 9.17) is 0 Å². The monoisotopic (exact) mass is 316 g/mol. The number of phenolic OH excluding ortho intramolecular Hbond substituents is 1. The van der Waals surface area contributed by atoms with Crippen LogP contribution in [0.5, 0.6) is 5.75 Å². The van der Waals surface area contributed by atoms with Crippen LogP contribution in [0.15, 0.2) is 78.9 Å². The van der Waals surface area contributed by atoms with Crippen LogP contribution in [-0.4, -0.2) is 11.0 Å². The van der Waals surface area contributed by atoms with Gasteiger partial charge in [0.05, 0.1) is 5.56 Å². The summed E-state index contributed by atoms with van der Waals surface area (Å²) < 4.78 is 0. The van der Waals surface area contributed by atoms with Crippen LogP contribution >= 0.6 is 0 Å². The van der Waals surface area contributed by atoms with Crippen molar-refractivity contribution in [3.8, 4) is 5.75 Å². The second kappa shape index (κ2) is 5.74. The topological polar surface area (TPSA) is 52.6 Å². The highest BCUT2D eigenvalue weighted by atomic mass is 16.3. The number of hydrogen-bond acceptors (Lipinski definition) is 3. The van der Waals surface area contributed by atoms with Crippen molar-refractivity contribution in [1.29, 1.82) is 0 Å². The SMILES string of the molecule is O=C1c2ccccc2N[C@H](c2cccc(O)c2)N1c1ccccc1. The van der Waals surface area contributed by atoms with Crippen molar-refractivity contribution in [3.63, 3.8) is 0 Å². The molecule has 0 radical (unpaired) electrons. The third kappa shape index (κ3) is 2.38. The molecule has 2 N–H and O–H groups in total. The highest BCUT2D eigenvalue weighted by Crippen LogP contribution is 2.37. The Balaban J connectivity index is 1.87. The summed E-state index contributed by atoms with van der Waals surface area (Å²) in [4.78, 5) is 14.8. The van der Waals surface area contributed by atoms with Crippen LogP contribution in [0.1, 0.15) is 22.1 Å².